The third-order valence-corrected chi connectivity index (χ3v) is 3.75. The lowest BCUT2D eigenvalue weighted by Crippen LogP contribution is -1.78. The summed E-state index contributed by atoms with van der Waals surface area (Å²) >= 11 is 5.92. The monoisotopic (exact) mass is 245 g/mol. The molecule has 0 saturated heterocycles. The lowest BCUT2D eigenvalue weighted by Gasteiger charge is -1.99. The van der Waals surface area contributed by atoms with Gasteiger partial charge in [0.1, 0.15) is 0 Å². The number of hydrogen-bond donors (Lipinski definition) is 1. The Bertz CT molecular complexity index is 505. The molecule has 0 bridgehead atoms. The van der Waals surface area contributed by atoms with Crippen LogP contribution in [0.15, 0.2) is 35.7 Å². The Morgan fingerprint density at radius 2 is 1.94 bits per heavy atom. The summed E-state index contributed by atoms with van der Waals surface area (Å²) in [5, 5.41) is 10.7. The topological polar surface area (TPSA) is 23.8 Å². The lowest BCUT2D eigenvalue weighted by molar-refractivity contribution is 1.29. The molecule has 1 nitrogen and oxygen atoms in total. The van der Waals surface area contributed by atoms with Crippen LogP contribution in [0.2, 0.25) is 0 Å². The van der Waals surface area contributed by atoms with Gasteiger partial charge in [0.15, 0.2) is 0 Å². The van der Waals surface area contributed by atoms with Crippen LogP contribution in [0, 0.1) is 11.3 Å². The van der Waals surface area contributed by atoms with Gasteiger partial charge in [0.25, 0.3) is 0 Å². The largest absolute Gasteiger partial charge is 0.198 e. The third kappa shape index (κ3) is 2.46. The van der Waals surface area contributed by atoms with Gasteiger partial charge in [-0.1, -0.05) is 24.3 Å². The Balaban J connectivity index is 2.25. The Morgan fingerprint density at radius 3 is 2.56 bits per heavy atom. The molecule has 0 saturated carbocycles. The molecule has 1 heterocycles. The van der Waals surface area contributed by atoms with Crippen molar-refractivity contribution < 1.29 is 0 Å². The molecule has 80 valence electrons. The third-order valence-electron chi connectivity index (χ3n) is 2.36. The van der Waals surface area contributed by atoms with Gasteiger partial charge in [-0.25, -0.2) is 0 Å². The maximum atomic E-state index is 8.61. The second-order valence-corrected chi connectivity index (χ2v) is 4.74. The van der Waals surface area contributed by atoms with E-state index in [1.807, 2.05) is 5.38 Å². The van der Waals surface area contributed by atoms with Crippen molar-refractivity contribution in [2.45, 2.75) is 12.2 Å². The zero-order chi connectivity index (χ0) is 11.4. The van der Waals surface area contributed by atoms with Crippen molar-refractivity contribution >= 4 is 24.0 Å². The number of nitriles is 1. The van der Waals surface area contributed by atoms with E-state index < -0.39 is 0 Å². The number of hydrogen-bond acceptors (Lipinski definition) is 3. The Kier molecular flexibility index (Phi) is 3.66. The van der Waals surface area contributed by atoms with E-state index in [2.05, 4.69) is 49.0 Å². The molecule has 0 aliphatic carbocycles. The van der Waals surface area contributed by atoms with Crippen LogP contribution in [0.5, 0.6) is 0 Å². The number of benzene rings is 1. The SMILES string of the molecule is N#CCc1csc(-c2ccc(CS)cc2)c1. The Morgan fingerprint density at radius 1 is 1.19 bits per heavy atom. The molecule has 0 aliphatic rings. The second kappa shape index (κ2) is 5.20. The maximum Gasteiger partial charge on any atom is 0.0670 e. The molecule has 0 N–H and O–H groups in total. The molecule has 0 amide bonds. The average Bonchev–Trinajstić information content (AvgIpc) is 2.78. The summed E-state index contributed by atoms with van der Waals surface area (Å²) in [6.07, 6.45) is 0.491. The fraction of sp³-hybridized carbons (Fsp3) is 0.154. The minimum Gasteiger partial charge on any atom is -0.198 e. The lowest BCUT2D eigenvalue weighted by atomic mass is 10.1. The van der Waals surface area contributed by atoms with Gasteiger partial charge < -0.3 is 0 Å². The summed E-state index contributed by atoms with van der Waals surface area (Å²) in [7, 11) is 0. The van der Waals surface area contributed by atoms with Crippen molar-refractivity contribution in [3.8, 4) is 16.5 Å². The molecule has 0 radical (unpaired) electrons. The van der Waals surface area contributed by atoms with Gasteiger partial charge in [-0.3, -0.25) is 0 Å². The molecule has 1 aromatic heterocycles. The van der Waals surface area contributed by atoms with E-state index >= 15 is 0 Å². The molecule has 0 spiro atoms. The summed E-state index contributed by atoms with van der Waals surface area (Å²) in [6.45, 7) is 0. The highest BCUT2D eigenvalue weighted by molar-refractivity contribution is 7.79. The highest BCUT2D eigenvalue weighted by atomic mass is 32.1. The molecule has 16 heavy (non-hydrogen) atoms. The quantitative estimate of drug-likeness (QED) is 0.814. The smallest absolute Gasteiger partial charge is 0.0670 e. The minimum absolute atomic E-state index is 0.491. The number of nitrogens with zero attached hydrogens (tertiary/aromatic N) is 1. The fourth-order valence-corrected chi connectivity index (χ4v) is 2.62. The summed E-state index contributed by atoms with van der Waals surface area (Å²) < 4.78 is 0. The van der Waals surface area contributed by atoms with Gasteiger partial charge >= 0.3 is 0 Å². The molecule has 0 fully saturated rings. The predicted octanol–water partition coefficient (Wildman–Crippen LogP) is 3.91. The minimum atomic E-state index is 0.491. The van der Waals surface area contributed by atoms with Crippen LogP contribution in [0.1, 0.15) is 11.1 Å². The van der Waals surface area contributed by atoms with Crippen LogP contribution in [0.3, 0.4) is 0 Å². The zero-order valence-electron chi connectivity index (χ0n) is 8.68. The highest BCUT2D eigenvalue weighted by Crippen LogP contribution is 2.27. The molecular weight excluding hydrogens is 234 g/mol. The Hall–Kier alpha value is -1.24. The van der Waals surface area contributed by atoms with E-state index in [-0.39, 0.29) is 0 Å². The first-order valence-electron chi connectivity index (χ1n) is 4.98. The number of rotatable bonds is 3. The van der Waals surface area contributed by atoms with Crippen LogP contribution in [-0.2, 0) is 12.2 Å². The second-order valence-electron chi connectivity index (χ2n) is 3.51. The van der Waals surface area contributed by atoms with Gasteiger partial charge in [0.2, 0.25) is 0 Å². The van der Waals surface area contributed by atoms with Crippen molar-refractivity contribution in [3.63, 3.8) is 0 Å². The fourth-order valence-electron chi connectivity index (χ4n) is 1.49. The van der Waals surface area contributed by atoms with E-state index in [4.69, 9.17) is 5.26 Å². The van der Waals surface area contributed by atoms with Crippen molar-refractivity contribution in [2.75, 3.05) is 0 Å². The van der Waals surface area contributed by atoms with E-state index in [0.717, 1.165) is 11.3 Å². The number of thiophene rings is 1. The molecule has 2 rings (SSSR count). The molecule has 0 unspecified atom stereocenters. The maximum absolute atomic E-state index is 8.61. The highest BCUT2D eigenvalue weighted by Gasteiger charge is 2.02. The van der Waals surface area contributed by atoms with Crippen LogP contribution < -0.4 is 0 Å². The first-order chi connectivity index (χ1) is 7.83. The van der Waals surface area contributed by atoms with Crippen molar-refractivity contribution in [1.82, 2.24) is 0 Å². The van der Waals surface area contributed by atoms with Crippen molar-refractivity contribution in [3.05, 3.63) is 46.8 Å². The summed E-state index contributed by atoms with van der Waals surface area (Å²) in [6, 6.07) is 12.6. The molecule has 2 aromatic rings. The number of thiol groups is 1. The van der Waals surface area contributed by atoms with Gasteiger partial charge in [-0.2, -0.15) is 17.9 Å². The van der Waals surface area contributed by atoms with Crippen LogP contribution in [0.25, 0.3) is 10.4 Å². The van der Waals surface area contributed by atoms with Crippen molar-refractivity contribution in [1.29, 1.82) is 5.26 Å². The molecule has 1 aromatic carbocycles. The summed E-state index contributed by atoms with van der Waals surface area (Å²) in [4.78, 5) is 1.22. The van der Waals surface area contributed by atoms with Crippen molar-refractivity contribution in [2.24, 2.45) is 0 Å². The molecule has 0 atom stereocenters. The normalized spacial score (nSPS) is 10.0. The van der Waals surface area contributed by atoms with Gasteiger partial charge in [0, 0.05) is 10.6 Å². The molecule has 3 heteroatoms. The predicted molar refractivity (Wildman–Crippen MR) is 71.8 cm³/mol. The zero-order valence-corrected chi connectivity index (χ0v) is 10.4. The van der Waals surface area contributed by atoms with Gasteiger partial charge in [0.05, 0.1) is 12.5 Å². The van der Waals surface area contributed by atoms with E-state index in [0.29, 0.717) is 6.42 Å². The summed E-state index contributed by atoms with van der Waals surface area (Å²) in [5.74, 6) is 0.768. The van der Waals surface area contributed by atoms with E-state index in [1.54, 1.807) is 11.3 Å². The standard InChI is InChI=1S/C13H11NS2/c14-6-5-11-7-13(16-9-11)12-3-1-10(8-15)2-4-12/h1-4,7,9,15H,5,8H2. The van der Waals surface area contributed by atoms with E-state index in [9.17, 15) is 0 Å². The molecule has 0 aliphatic heterocycles. The van der Waals surface area contributed by atoms with Crippen LogP contribution >= 0.6 is 24.0 Å². The summed E-state index contributed by atoms with van der Waals surface area (Å²) in [5.41, 5.74) is 3.53. The van der Waals surface area contributed by atoms with Crippen LogP contribution in [-0.4, -0.2) is 0 Å². The first kappa shape index (κ1) is 11.3. The average molecular weight is 245 g/mol. The van der Waals surface area contributed by atoms with E-state index in [1.165, 1.54) is 16.0 Å². The van der Waals surface area contributed by atoms with Gasteiger partial charge in [-0.05, 0) is 28.1 Å². The van der Waals surface area contributed by atoms with Crippen LogP contribution in [0.4, 0.5) is 0 Å². The molecular formula is C13H11NS2. The Labute approximate surface area is 105 Å². The first-order valence-corrected chi connectivity index (χ1v) is 6.49. The van der Waals surface area contributed by atoms with Gasteiger partial charge in [-0.15, -0.1) is 11.3 Å².